The fourth-order valence-corrected chi connectivity index (χ4v) is 0.680. The van der Waals surface area contributed by atoms with Crippen LogP contribution < -0.4 is 16.2 Å². The fourth-order valence-electron chi connectivity index (χ4n) is 0.680. The molecular formula is C12H16F2N2O5. The standard InChI is InChI=1S/C7H10N2O.C3H4F2.C2H2O4/c1-10-5-2-3-6(8)7(9)4-5;1-2-3(4)5;3-1(4)2(5)6/h2-4H,8-9H2,1H3;2H,1H3;(H,3,4)(H,5,6). The van der Waals surface area contributed by atoms with Crippen molar-refractivity contribution in [1.82, 2.24) is 0 Å². The molecule has 0 aliphatic carbocycles. The lowest BCUT2D eigenvalue weighted by Crippen LogP contribution is -2.09. The quantitative estimate of drug-likeness (QED) is 0.458. The van der Waals surface area contributed by atoms with Crippen molar-refractivity contribution in [3.05, 3.63) is 30.4 Å². The number of carbonyl (C=O) groups is 2. The maximum atomic E-state index is 10.6. The Kier molecular flexibility index (Phi) is 10.8. The minimum atomic E-state index is -1.82. The van der Waals surface area contributed by atoms with Crippen LogP contribution in [0.1, 0.15) is 6.92 Å². The van der Waals surface area contributed by atoms with Crippen LogP contribution in [0.15, 0.2) is 30.4 Å². The van der Waals surface area contributed by atoms with Crippen molar-refractivity contribution in [2.24, 2.45) is 0 Å². The van der Waals surface area contributed by atoms with Gasteiger partial charge in [-0.2, -0.15) is 8.78 Å². The zero-order chi connectivity index (χ0) is 17.0. The Balaban J connectivity index is 0. The van der Waals surface area contributed by atoms with Gasteiger partial charge in [0.05, 0.1) is 18.5 Å². The lowest BCUT2D eigenvalue weighted by molar-refractivity contribution is -0.159. The summed E-state index contributed by atoms with van der Waals surface area (Å²) in [5, 5.41) is 14.8. The highest BCUT2D eigenvalue weighted by molar-refractivity contribution is 6.27. The molecular weight excluding hydrogens is 290 g/mol. The smallest absolute Gasteiger partial charge is 0.414 e. The van der Waals surface area contributed by atoms with E-state index in [4.69, 9.17) is 36.0 Å². The van der Waals surface area contributed by atoms with E-state index in [0.29, 0.717) is 11.4 Å². The number of benzene rings is 1. The van der Waals surface area contributed by atoms with Gasteiger partial charge in [-0.1, -0.05) is 0 Å². The predicted octanol–water partition coefficient (Wildman–Crippen LogP) is 1.80. The molecule has 0 saturated heterocycles. The molecule has 0 radical (unpaired) electrons. The second kappa shape index (κ2) is 11.0. The third kappa shape index (κ3) is 12.0. The highest BCUT2D eigenvalue weighted by atomic mass is 19.3. The van der Waals surface area contributed by atoms with Gasteiger partial charge in [-0.05, 0) is 25.1 Å². The lowest BCUT2D eigenvalue weighted by atomic mass is 10.2. The zero-order valence-electron chi connectivity index (χ0n) is 11.3. The van der Waals surface area contributed by atoms with Crippen LogP contribution in [0.3, 0.4) is 0 Å². The van der Waals surface area contributed by atoms with Crippen LogP contribution in [0.2, 0.25) is 0 Å². The molecule has 0 heterocycles. The van der Waals surface area contributed by atoms with Crippen LogP contribution >= 0.6 is 0 Å². The van der Waals surface area contributed by atoms with Crippen molar-refractivity contribution < 1.29 is 33.3 Å². The van der Waals surface area contributed by atoms with Crippen molar-refractivity contribution >= 4 is 23.3 Å². The molecule has 0 amide bonds. The van der Waals surface area contributed by atoms with Gasteiger partial charge < -0.3 is 26.4 Å². The average molecular weight is 306 g/mol. The first-order valence-electron chi connectivity index (χ1n) is 5.28. The number of nitrogens with two attached hydrogens (primary N) is 2. The first-order chi connectivity index (χ1) is 9.65. The van der Waals surface area contributed by atoms with E-state index in [0.717, 1.165) is 11.8 Å². The van der Waals surface area contributed by atoms with E-state index in [-0.39, 0.29) is 0 Å². The molecule has 0 atom stereocenters. The number of carboxylic acids is 2. The number of hydrogen-bond acceptors (Lipinski definition) is 5. The summed E-state index contributed by atoms with van der Waals surface area (Å²) >= 11 is 0. The number of anilines is 2. The summed E-state index contributed by atoms with van der Waals surface area (Å²) in [4.78, 5) is 18.2. The molecule has 0 saturated carbocycles. The van der Waals surface area contributed by atoms with Gasteiger partial charge in [-0.25, -0.2) is 9.59 Å². The van der Waals surface area contributed by atoms with Gasteiger partial charge in [0, 0.05) is 6.07 Å². The van der Waals surface area contributed by atoms with E-state index in [2.05, 4.69) is 0 Å². The number of methoxy groups -OCH3 is 1. The van der Waals surface area contributed by atoms with Crippen molar-refractivity contribution in [2.75, 3.05) is 18.6 Å². The van der Waals surface area contributed by atoms with Gasteiger partial charge in [-0.3, -0.25) is 0 Å². The summed E-state index contributed by atoms with van der Waals surface area (Å²) in [5.41, 5.74) is 12.1. The molecule has 7 nitrogen and oxygen atoms in total. The zero-order valence-corrected chi connectivity index (χ0v) is 11.3. The van der Waals surface area contributed by atoms with Crippen molar-refractivity contribution in [1.29, 1.82) is 0 Å². The predicted molar refractivity (Wildman–Crippen MR) is 73.1 cm³/mol. The molecule has 118 valence electrons. The number of nitrogen functional groups attached to an aromatic ring is 2. The lowest BCUT2D eigenvalue weighted by Gasteiger charge is -2.02. The number of rotatable bonds is 1. The number of carboxylic acid groups (broad SMARTS) is 2. The monoisotopic (exact) mass is 306 g/mol. The van der Waals surface area contributed by atoms with Crippen LogP contribution in [0.4, 0.5) is 20.2 Å². The van der Waals surface area contributed by atoms with Crippen molar-refractivity contribution in [3.8, 4) is 5.75 Å². The van der Waals surface area contributed by atoms with Crippen LogP contribution in [0, 0.1) is 0 Å². The Morgan fingerprint density at radius 2 is 1.57 bits per heavy atom. The summed E-state index contributed by atoms with van der Waals surface area (Å²) in [6.45, 7) is 1.29. The van der Waals surface area contributed by atoms with Gasteiger partial charge in [0.25, 0.3) is 6.08 Å². The largest absolute Gasteiger partial charge is 0.497 e. The van der Waals surface area contributed by atoms with Crippen LogP contribution in [-0.2, 0) is 9.59 Å². The van der Waals surface area contributed by atoms with E-state index in [1.165, 1.54) is 6.92 Å². The number of allylic oxidation sites excluding steroid dienone is 1. The Morgan fingerprint density at radius 1 is 1.14 bits per heavy atom. The Hall–Kier alpha value is -2.84. The Bertz CT molecular complexity index is 490. The number of aliphatic carboxylic acids is 2. The first-order valence-corrected chi connectivity index (χ1v) is 5.28. The maximum absolute atomic E-state index is 10.6. The number of ether oxygens (including phenoxy) is 1. The molecule has 0 fully saturated rings. The van der Waals surface area contributed by atoms with Gasteiger partial charge in [0.2, 0.25) is 0 Å². The average Bonchev–Trinajstić information content (AvgIpc) is 2.43. The molecule has 0 spiro atoms. The van der Waals surface area contributed by atoms with Crippen molar-refractivity contribution in [3.63, 3.8) is 0 Å². The minimum absolute atomic E-state index is 0.555. The summed E-state index contributed by atoms with van der Waals surface area (Å²) in [7, 11) is 1.59. The summed E-state index contributed by atoms with van der Waals surface area (Å²) < 4.78 is 26.2. The topological polar surface area (TPSA) is 136 Å². The molecule has 0 aromatic heterocycles. The van der Waals surface area contributed by atoms with Gasteiger partial charge in [0.1, 0.15) is 5.75 Å². The van der Waals surface area contributed by atoms with E-state index in [9.17, 15) is 8.78 Å². The molecule has 0 bridgehead atoms. The summed E-state index contributed by atoms with van der Waals surface area (Å²) in [5.74, 6) is -2.92. The highest BCUT2D eigenvalue weighted by Gasteiger charge is 2.04. The number of halogens is 2. The Labute approximate surface area is 119 Å². The SMILES string of the molecule is CC=C(F)F.COc1ccc(N)c(N)c1.O=C(O)C(=O)O. The third-order valence-corrected chi connectivity index (χ3v) is 1.70. The minimum Gasteiger partial charge on any atom is -0.497 e. The van der Waals surface area contributed by atoms with Crippen LogP contribution in [-0.4, -0.2) is 29.3 Å². The van der Waals surface area contributed by atoms with Gasteiger partial charge in [-0.15, -0.1) is 0 Å². The normalized spacial score (nSPS) is 8.19. The van der Waals surface area contributed by atoms with E-state index in [1.54, 1.807) is 25.3 Å². The van der Waals surface area contributed by atoms with Crippen molar-refractivity contribution in [2.45, 2.75) is 6.92 Å². The van der Waals surface area contributed by atoms with E-state index < -0.39 is 18.0 Å². The molecule has 1 aromatic carbocycles. The Morgan fingerprint density at radius 3 is 1.81 bits per heavy atom. The van der Waals surface area contributed by atoms with E-state index >= 15 is 0 Å². The molecule has 0 unspecified atom stereocenters. The first kappa shape index (κ1) is 20.5. The fraction of sp³-hybridized carbons (Fsp3) is 0.167. The molecule has 1 aromatic rings. The number of hydrogen-bond donors (Lipinski definition) is 4. The molecule has 1 rings (SSSR count). The van der Waals surface area contributed by atoms with Gasteiger partial charge in [0.15, 0.2) is 0 Å². The summed E-state index contributed by atoms with van der Waals surface area (Å²) in [6.07, 6.45) is -0.870. The second-order valence-corrected chi connectivity index (χ2v) is 3.18. The van der Waals surface area contributed by atoms with E-state index in [1.807, 2.05) is 0 Å². The van der Waals surface area contributed by atoms with Gasteiger partial charge >= 0.3 is 11.9 Å². The summed E-state index contributed by atoms with van der Waals surface area (Å²) in [6, 6.07) is 5.18. The third-order valence-electron chi connectivity index (χ3n) is 1.70. The maximum Gasteiger partial charge on any atom is 0.414 e. The molecule has 9 heteroatoms. The molecule has 21 heavy (non-hydrogen) atoms. The molecule has 0 aliphatic heterocycles. The molecule has 0 aliphatic rings. The highest BCUT2D eigenvalue weighted by Crippen LogP contribution is 2.20. The van der Waals surface area contributed by atoms with Crippen LogP contribution in [0.25, 0.3) is 0 Å². The molecule has 6 N–H and O–H groups in total. The van der Waals surface area contributed by atoms with Crippen LogP contribution in [0.5, 0.6) is 5.75 Å². The second-order valence-electron chi connectivity index (χ2n) is 3.18.